The number of aromatic nitrogens is 6. The van der Waals surface area contributed by atoms with E-state index in [1.54, 1.807) is 18.6 Å². The molecule has 0 aliphatic rings. The Kier molecular flexibility index (Phi) is 7.21. The minimum atomic E-state index is 0.615. The second-order valence-corrected chi connectivity index (χ2v) is 9.17. The number of aromatic amines is 1. The highest BCUT2D eigenvalue weighted by Crippen LogP contribution is 2.31. The van der Waals surface area contributed by atoms with Crippen LogP contribution in [0.4, 0.5) is 11.4 Å². The predicted octanol–water partition coefficient (Wildman–Crippen LogP) is 6.98. The van der Waals surface area contributed by atoms with Crippen molar-refractivity contribution in [3.63, 3.8) is 0 Å². The van der Waals surface area contributed by atoms with Crippen LogP contribution in [-0.4, -0.2) is 30.1 Å². The normalized spacial score (nSPS) is 10.9. The topological polar surface area (TPSA) is 104 Å². The molecule has 5 aromatic rings. The lowest BCUT2D eigenvalue weighted by molar-refractivity contribution is 0.791. The summed E-state index contributed by atoms with van der Waals surface area (Å²) in [6.07, 6.45) is 13.9. The lowest BCUT2D eigenvalue weighted by Gasteiger charge is -2.14. The summed E-state index contributed by atoms with van der Waals surface area (Å²) in [7, 11) is 0. The van der Waals surface area contributed by atoms with Crippen molar-refractivity contribution in [1.82, 2.24) is 30.1 Å². The van der Waals surface area contributed by atoms with E-state index in [9.17, 15) is 0 Å². The van der Waals surface area contributed by atoms with Gasteiger partial charge in [0.15, 0.2) is 5.65 Å². The molecule has 0 spiro atoms. The zero-order valence-corrected chi connectivity index (χ0v) is 21.6. The van der Waals surface area contributed by atoms with Crippen LogP contribution in [0.3, 0.4) is 0 Å². The molecule has 38 heavy (non-hydrogen) atoms. The lowest BCUT2D eigenvalue weighted by Crippen LogP contribution is -2.02. The summed E-state index contributed by atoms with van der Waals surface area (Å²) in [6, 6.07) is 9.94. The van der Waals surface area contributed by atoms with Crippen molar-refractivity contribution in [3.8, 4) is 22.4 Å². The zero-order chi connectivity index (χ0) is 26.5. The Bertz CT molecular complexity index is 1600. The van der Waals surface area contributed by atoms with E-state index in [0.29, 0.717) is 11.3 Å². The van der Waals surface area contributed by atoms with E-state index in [4.69, 9.17) is 0 Å². The Morgan fingerprint density at radius 2 is 1.76 bits per heavy atom. The van der Waals surface area contributed by atoms with Gasteiger partial charge in [0.2, 0.25) is 0 Å². The number of anilines is 2. The van der Waals surface area contributed by atoms with Crippen molar-refractivity contribution >= 4 is 28.1 Å². The first-order valence-electron chi connectivity index (χ1n) is 12.6. The van der Waals surface area contributed by atoms with Gasteiger partial charge in [0, 0.05) is 64.4 Å². The van der Waals surface area contributed by atoms with Crippen molar-refractivity contribution in [3.05, 3.63) is 97.6 Å². The van der Waals surface area contributed by atoms with E-state index in [1.807, 2.05) is 43.7 Å². The van der Waals surface area contributed by atoms with Gasteiger partial charge in [-0.15, -0.1) is 0 Å². The molecule has 0 atom stereocenters. The number of nitrogens with zero attached hydrogens (tertiary/aromatic N) is 5. The second kappa shape index (κ2) is 11.0. The first-order valence-corrected chi connectivity index (χ1v) is 12.6. The van der Waals surface area contributed by atoms with Crippen LogP contribution in [-0.2, 0) is 0 Å². The molecule has 0 amide bonds. The Labute approximate surface area is 222 Å². The number of rotatable bonds is 10. The summed E-state index contributed by atoms with van der Waals surface area (Å²) in [5.74, 6) is 0. The molecule has 5 heterocycles. The lowest BCUT2D eigenvalue weighted by atomic mass is 10.1. The monoisotopic (exact) mass is 502 g/mol. The first kappa shape index (κ1) is 24.8. The van der Waals surface area contributed by atoms with Crippen LogP contribution in [0.5, 0.6) is 0 Å². The molecule has 3 N–H and O–H groups in total. The van der Waals surface area contributed by atoms with Gasteiger partial charge in [-0.3, -0.25) is 20.1 Å². The van der Waals surface area contributed by atoms with E-state index in [2.05, 4.69) is 73.0 Å². The van der Waals surface area contributed by atoms with Crippen LogP contribution in [0.25, 0.3) is 39.1 Å². The molecule has 0 aliphatic heterocycles. The van der Waals surface area contributed by atoms with Crippen LogP contribution in [0, 0.1) is 6.92 Å². The fourth-order valence-corrected chi connectivity index (χ4v) is 4.30. The molecule has 0 bridgehead atoms. The number of nitrogens with one attached hydrogen (secondary N) is 3. The predicted molar refractivity (Wildman–Crippen MR) is 154 cm³/mol. The van der Waals surface area contributed by atoms with Gasteiger partial charge in [-0.2, -0.15) is 5.10 Å². The number of H-pyrrole nitrogens is 1. The molecule has 5 aromatic heterocycles. The third-order valence-electron chi connectivity index (χ3n) is 6.36. The number of pyridine rings is 4. The molecule has 8 heteroatoms. The number of hydrogen-bond donors (Lipinski definition) is 3. The average Bonchev–Trinajstić information content (AvgIpc) is 3.37. The number of unbranched alkanes of at least 4 members (excludes halogenated alkanes) is 1. The number of fused-ring (bicyclic) bond motifs is 1. The van der Waals surface area contributed by atoms with Crippen LogP contribution in [0.2, 0.25) is 0 Å². The van der Waals surface area contributed by atoms with Gasteiger partial charge in [-0.25, -0.2) is 4.98 Å². The van der Waals surface area contributed by atoms with E-state index >= 15 is 0 Å². The van der Waals surface area contributed by atoms with Gasteiger partial charge < -0.3 is 10.6 Å². The first-order chi connectivity index (χ1) is 18.5. The Balaban J connectivity index is 1.41. The summed E-state index contributed by atoms with van der Waals surface area (Å²) in [5.41, 5.74) is 9.56. The highest BCUT2D eigenvalue weighted by molar-refractivity contribution is 5.93. The molecular weight excluding hydrogens is 472 g/mol. The summed E-state index contributed by atoms with van der Waals surface area (Å²) >= 11 is 0. The highest BCUT2D eigenvalue weighted by Gasteiger charge is 2.14. The molecule has 0 unspecified atom stereocenters. The van der Waals surface area contributed by atoms with Crippen molar-refractivity contribution in [2.75, 3.05) is 10.6 Å². The quantitative estimate of drug-likeness (QED) is 0.189. The van der Waals surface area contributed by atoms with Crippen molar-refractivity contribution < 1.29 is 0 Å². The smallest absolute Gasteiger partial charge is 0.181 e. The van der Waals surface area contributed by atoms with Gasteiger partial charge in [0.25, 0.3) is 0 Å². The van der Waals surface area contributed by atoms with Crippen molar-refractivity contribution in [2.24, 2.45) is 0 Å². The van der Waals surface area contributed by atoms with E-state index in [0.717, 1.165) is 75.4 Å². The Morgan fingerprint density at radius 1 is 0.921 bits per heavy atom. The van der Waals surface area contributed by atoms with Gasteiger partial charge >= 0.3 is 0 Å². The summed E-state index contributed by atoms with van der Waals surface area (Å²) < 4.78 is 0. The minimum absolute atomic E-state index is 0.615. The molecule has 5 rings (SSSR count). The number of hydrogen-bond acceptors (Lipinski definition) is 7. The van der Waals surface area contributed by atoms with E-state index in [-0.39, 0.29) is 0 Å². The summed E-state index contributed by atoms with van der Waals surface area (Å²) in [5, 5.41) is 15.2. The molecule has 8 nitrogen and oxygen atoms in total. The molecule has 190 valence electrons. The molecular formula is C30H30N8. The van der Waals surface area contributed by atoms with E-state index < -0.39 is 0 Å². The summed E-state index contributed by atoms with van der Waals surface area (Å²) in [4.78, 5) is 17.8. The standard InChI is InChI=1S/C30H30N8/c1-5-6-8-19(2)35-25-13-23(16-32-18-25)24-14-26-29(37-38-30(26)34-17-24)21(4)36-27-10-12-33-28(20(27)3)22-9-7-11-31-15-22/h7,9-18,35H,2,4-6,8H2,1,3H3,(H,33,36)(H,34,37,38). The second-order valence-electron chi connectivity index (χ2n) is 9.17. The third kappa shape index (κ3) is 5.29. The Hall–Kier alpha value is -4.85. The zero-order valence-electron chi connectivity index (χ0n) is 21.6. The summed E-state index contributed by atoms with van der Waals surface area (Å²) in [6.45, 7) is 12.6. The molecule has 0 aromatic carbocycles. The Morgan fingerprint density at radius 3 is 2.58 bits per heavy atom. The van der Waals surface area contributed by atoms with Crippen LogP contribution >= 0.6 is 0 Å². The molecule has 0 aliphatic carbocycles. The fourth-order valence-electron chi connectivity index (χ4n) is 4.30. The number of allylic oxidation sites excluding steroid dienone is 1. The van der Waals surface area contributed by atoms with Crippen LogP contribution < -0.4 is 10.6 Å². The third-order valence-corrected chi connectivity index (χ3v) is 6.36. The highest BCUT2D eigenvalue weighted by atomic mass is 15.2. The van der Waals surface area contributed by atoms with Gasteiger partial charge in [0.1, 0.15) is 0 Å². The largest absolute Gasteiger partial charge is 0.358 e. The molecule has 0 saturated heterocycles. The molecule has 0 saturated carbocycles. The minimum Gasteiger partial charge on any atom is -0.358 e. The maximum atomic E-state index is 4.58. The van der Waals surface area contributed by atoms with Gasteiger partial charge in [0.05, 0.1) is 29.0 Å². The van der Waals surface area contributed by atoms with Crippen molar-refractivity contribution in [1.29, 1.82) is 0 Å². The SMILES string of the molecule is C=C(CCCC)Nc1cncc(-c2cnc3n[nH]c(C(=C)Nc4ccnc(-c5cccnc5)c4C)c3c2)c1. The van der Waals surface area contributed by atoms with Crippen molar-refractivity contribution in [2.45, 2.75) is 33.1 Å². The average molecular weight is 503 g/mol. The fraction of sp³-hybridized carbons (Fsp3) is 0.167. The maximum absolute atomic E-state index is 4.58. The maximum Gasteiger partial charge on any atom is 0.181 e. The molecule has 0 fully saturated rings. The molecule has 0 radical (unpaired) electrons. The van der Waals surface area contributed by atoms with Crippen LogP contribution in [0.15, 0.2) is 86.4 Å². The van der Waals surface area contributed by atoms with Crippen LogP contribution in [0.1, 0.15) is 37.4 Å². The van der Waals surface area contributed by atoms with Gasteiger partial charge in [-0.05, 0) is 55.7 Å². The van der Waals surface area contributed by atoms with E-state index in [1.165, 1.54) is 0 Å². The van der Waals surface area contributed by atoms with Gasteiger partial charge in [-0.1, -0.05) is 26.5 Å².